The fourth-order valence-corrected chi connectivity index (χ4v) is 3.81. The predicted molar refractivity (Wildman–Crippen MR) is 97.5 cm³/mol. The maximum atomic E-state index is 12.7. The van der Waals surface area contributed by atoms with Gasteiger partial charge in [-0.1, -0.05) is 48.0 Å². The van der Waals surface area contributed by atoms with E-state index in [0.29, 0.717) is 11.8 Å². The molecule has 0 bridgehead atoms. The lowest BCUT2D eigenvalue weighted by molar-refractivity contribution is -0.132. The Morgan fingerprint density at radius 1 is 0.958 bits per heavy atom. The first-order chi connectivity index (χ1) is 11.7. The minimum atomic E-state index is 0.185. The zero-order chi connectivity index (χ0) is 16.5. The minimum Gasteiger partial charge on any atom is -0.368 e. The second-order valence-electron chi connectivity index (χ2n) is 6.65. The van der Waals surface area contributed by atoms with E-state index >= 15 is 0 Å². The molecule has 2 aromatic carbocycles. The molecule has 1 saturated carbocycles. The summed E-state index contributed by atoms with van der Waals surface area (Å²) in [7, 11) is 0. The van der Waals surface area contributed by atoms with E-state index in [2.05, 4.69) is 35.2 Å². The Bertz CT molecular complexity index is 725. The molecule has 0 aromatic heterocycles. The van der Waals surface area contributed by atoms with Crippen LogP contribution in [0.25, 0.3) is 0 Å². The average Bonchev–Trinajstić information content (AvgIpc) is 3.43. The fraction of sp³-hybridized carbons (Fsp3) is 0.350. The lowest BCUT2D eigenvalue weighted by atomic mass is 10.1. The molecule has 1 saturated heterocycles. The molecule has 1 aliphatic heterocycles. The fourth-order valence-electron chi connectivity index (χ4n) is 3.63. The van der Waals surface area contributed by atoms with Crippen LogP contribution in [0.3, 0.4) is 0 Å². The average molecular weight is 341 g/mol. The van der Waals surface area contributed by atoms with Crippen molar-refractivity contribution in [2.24, 2.45) is 5.92 Å². The molecule has 24 heavy (non-hydrogen) atoms. The summed E-state index contributed by atoms with van der Waals surface area (Å²) in [6.45, 7) is 3.33. The summed E-state index contributed by atoms with van der Waals surface area (Å²) >= 11 is 6.08. The van der Waals surface area contributed by atoms with Gasteiger partial charge >= 0.3 is 0 Å². The summed E-state index contributed by atoms with van der Waals surface area (Å²) in [5.41, 5.74) is 2.44. The molecule has 4 rings (SSSR count). The summed E-state index contributed by atoms with van der Waals surface area (Å²) in [5.74, 6) is 0.935. The maximum Gasteiger partial charge on any atom is 0.226 e. The van der Waals surface area contributed by atoms with Crippen LogP contribution in [0.15, 0.2) is 54.6 Å². The third-order valence-electron chi connectivity index (χ3n) is 5.10. The van der Waals surface area contributed by atoms with Gasteiger partial charge in [-0.3, -0.25) is 4.79 Å². The Labute approximate surface area is 147 Å². The van der Waals surface area contributed by atoms with E-state index < -0.39 is 0 Å². The standard InChI is InChI=1S/C20H21ClN2O/c21-16-7-4-8-17(13-16)22-9-11-23(12-10-22)20(24)19-14-18(19)15-5-2-1-3-6-15/h1-8,13,18-19H,9-12,14H2/t18-,19-/m0/s1. The molecule has 2 aromatic rings. The lowest BCUT2D eigenvalue weighted by Crippen LogP contribution is -2.49. The van der Waals surface area contributed by atoms with Gasteiger partial charge in [0.25, 0.3) is 0 Å². The van der Waals surface area contributed by atoms with Gasteiger partial charge in [-0.2, -0.15) is 0 Å². The van der Waals surface area contributed by atoms with Crippen LogP contribution in [0.1, 0.15) is 17.9 Å². The van der Waals surface area contributed by atoms with Crippen LogP contribution in [0.2, 0.25) is 5.02 Å². The summed E-state index contributed by atoms with van der Waals surface area (Å²) in [5, 5.41) is 0.759. The number of benzene rings is 2. The van der Waals surface area contributed by atoms with Crippen molar-refractivity contribution in [2.75, 3.05) is 31.1 Å². The molecule has 3 nitrogen and oxygen atoms in total. The number of anilines is 1. The predicted octanol–water partition coefficient (Wildman–Crippen LogP) is 3.79. The van der Waals surface area contributed by atoms with Gasteiger partial charge in [-0.25, -0.2) is 0 Å². The topological polar surface area (TPSA) is 23.6 Å². The van der Waals surface area contributed by atoms with E-state index in [1.807, 2.05) is 29.2 Å². The van der Waals surface area contributed by atoms with Crippen LogP contribution in [0.4, 0.5) is 5.69 Å². The molecule has 2 aliphatic rings. The summed E-state index contributed by atoms with van der Waals surface area (Å²) in [6.07, 6.45) is 0.997. The molecule has 124 valence electrons. The highest BCUT2D eigenvalue weighted by molar-refractivity contribution is 6.30. The van der Waals surface area contributed by atoms with Crippen molar-refractivity contribution < 1.29 is 4.79 Å². The van der Waals surface area contributed by atoms with Gasteiger partial charge in [-0.15, -0.1) is 0 Å². The van der Waals surface area contributed by atoms with E-state index in [1.54, 1.807) is 0 Å². The maximum absolute atomic E-state index is 12.7. The van der Waals surface area contributed by atoms with Crippen molar-refractivity contribution in [2.45, 2.75) is 12.3 Å². The SMILES string of the molecule is O=C([C@H]1C[C@H]1c1ccccc1)N1CCN(c2cccc(Cl)c2)CC1. The van der Waals surface area contributed by atoms with Crippen LogP contribution in [0, 0.1) is 5.92 Å². The molecule has 0 spiro atoms. The van der Waals surface area contributed by atoms with E-state index in [-0.39, 0.29) is 5.92 Å². The quantitative estimate of drug-likeness (QED) is 0.848. The molecule has 2 atom stereocenters. The van der Waals surface area contributed by atoms with Crippen LogP contribution in [-0.4, -0.2) is 37.0 Å². The summed E-state index contributed by atoms with van der Waals surface area (Å²) in [6, 6.07) is 18.3. The van der Waals surface area contributed by atoms with Gasteiger partial charge in [-0.05, 0) is 36.1 Å². The first-order valence-corrected chi connectivity index (χ1v) is 8.94. The zero-order valence-electron chi connectivity index (χ0n) is 13.6. The number of piperazine rings is 1. The van der Waals surface area contributed by atoms with Gasteiger partial charge in [0.15, 0.2) is 0 Å². The first-order valence-electron chi connectivity index (χ1n) is 8.56. The first kappa shape index (κ1) is 15.5. The lowest BCUT2D eigenvalue weighted by Gasteiger charge is -2.36. The van der Waals surface area contributed by atoms with Crippen molar-refractivity contribution >= 4 is 23.2 Å². The number of carbonyl (C=O) groups is 1. The summed E-state index contributed by atoms with van der Waals surface area (Å²) < 4.78 is 0. The zero-order valence-corrected chi connectivity index (χ0v) is 14.3. The number of hydrogen-bond donors (Lipinski definition) is 0. The highest BCUT2D eigenvalue weighted by atomic mass is 35.5. The molecule has 4 heteroatoms. The van der Waals surface area contributed by atoms with Crippen LogP contribution >= 0.6 is 11.6 Å². The largest absolute Gasteiger partial charge is 0.368 e. The van der Waals surface area contributed by atoms with Gasteiger partial charge in [0.1, 0.15) is 0 Å². The third-order valence-corrected chi connectivity index (χ3v) is 5.34. The highest BCUT2D eigenvalue weighted by Gasteiger charge is 2.45. The van der Waals surface area contributed by atoms with E-state index in [4.69, 9.17) is 11.6 Å². The number of carbonyl (C=O) groups excluding carboxylic acids is 1. The molecular formula is C20H21ClN2O. The van der Waals surface area contributed by atoms with Gasteiger partial charge < -0.3 is 9.80 Å². The van der Waals surface area contributed by atoms with E-state index in [0.717, 1.165) is 43.3 Å². The molecular weight excluding hydrogens is 320 g/mol. The van der Waals surface area contributed by atoms with Crippen molar-refractivity contribution in [1.82, 2.24) is 4.90 Å². The van der Waals surface area contributed by atoms with Gasteiger partial charge in [0.05, 0.1) is 0 Å². The monoisotopic (exact) mass is 340 g/mol. The summed E-state index contributed by atoms with van der Waals surface area (Å²) in [4.78, 5) is 17.1. The van der Waals surface area contributed by atoms with Crippen LogP contribution < -0.4 is 4.90 Å². The Balaban J connectivity index is 1.34. The minimum absolute atomic E-state index is 0.185. The Kier molecular flexibility index (Phi) is 4.19. The van der Waals surface area contributed by atoms with Crippen molar-refractivity contribution in [1.29, 1.82) is 0 Å². The second kappa shape index (κ2) is 6.48. The van der Waals surface area contributed by atoms with E-state index in [1.165, 1.54) is 5.56 Å². The molecule has 0 radical (unpaired) electrons. The van der Waals surface area contributed by atoms with E-state index in [9.17, 15) is 4.79 Å². The Hall–Kier alpha value is -2.00. The number of amides is 1. The highest BCUT2D eigenvalue weighted by Crippen LogP contribution is 2.48. The molecule has 2 fully saturated rings. The van der Waals surface area contributed by atoms with Crippen molar-refractivity contribution in [3.05, 3.63) is 65.2 Å². The van der Waals surface area contributed by atoms with Crippen molar-refractivity contribution in [3.63, 3.8) is 0 Å². The van der Waals surface area contributed by atoms with Crippen LogP contribution in [-0.2, 0) is 4.79 Å². The molecule has 1 heterocycles. The van der Waals surface area contributed by atoms with Crippen molar-refractivity contribution in [3.8, 4) is 0 Å². The van der Waals surface area contributed by atoms with Gasteiger partial charge in [0.2, 0.25) is 5.91 Å². The smallest absolute Gasteiger partial charge is 0.226 e. The Morgan fingerprint density at radius 3 is 2.42 bits per heavy atom. The molecule has 1 amide bonds. The molecule has 1 aliphatic carbocycles. The second-order valence-corrected chi connectivity index (χ2v) is 7.09. The number of rotatable bonds is 3. The Morgan fingerprint density at radius 2 is 1.71 bits per heavy atom. The number of halogens is 1. The normalized spacial score (nSPS) is 23.2. The van der Waals surface area contributed by atoms with Crippen LogP contribution in [0.5, 0.6) is 0 Å². The third kappa shape index (κ3) is 3.13. The number of hydrogen-bond acceptors (Lipinski definition) is 2. The molecule has 0 unspecified atom stereocenters. The molecule has 0 N–H and O–H groups in total. The van der Waals surface area contributed by atoms with Gasteiger partial charge in [0, 0.05) is 42.8 Å². The number of nitrogens with zero attached hydrogens (tertiary/aromatic N) is 2.